The maximum Gasteiger partial charge on any atom is 0.323 e. The van der Waals surface area contributed by atoms with Crippen LogP contribution in [0, 0.1) is 0 Å². The van der Waals surface area contributed by atoms with E-state index in [1.807, 2.05) is 0 Å². The van der Waals surface area contributed by atoms with Crippen molar-refractivity contribution in [3.8, 4) is 0 Å². The largest absolute Gasteiger partial charge is 0.403 e. The molecule has 1 nitrogen and oxygen atoms in total. The minimum atomic E-state index is -0.962. The highest BCUT2D eigenvalue weighted by atomic mass is 35.6. The Hall–Kier alpha value is 0.467. The van der Waals surface area contributed by atoms with Crippen LogP contribution in [0.1, 0.15) is 46.0 Å². The lowest BCUT2D eigenvalue weighted by molar-refractivity contribution is 0.320. The molecule has 73 valence electrons. The van der Waals surface area contributed by atoms with Crippen molar-refractivity contribution in [1.82, 2.24) is 0 Å². The minimum Gasteiger partial charge on any atom is -0.403 e. The van der Waals surface area contributed by atoms with Gasteiger partial charge in [-0.2, -0.15) is 0 Å². The van der Waals surface area contributed by atoms with E-state index in [-0.39, 0.29) is 0 Å². The molecule has 0 spiro atoms. The Morgan fingerprint density at radius 3 is 2.33 bits per heavy atom. The van der Waals surface area contributed by atoms with Crippen molar-refractivity contribution in [3.63, 3.8) is 0 Å². The fourth-order valence-corrected chi connectivity index (χ4v) is 2.58. The average Bonchev–Trinajstić information content (AvgIpc) is 2.06. The van der Waals surface area contributed by atoms with Crippen LogP contribution < -0.4 is 0 Å². The highest BCUT2D eigenvalue weighted by molar-refractivity contribution is 7.03. The molecule has 0 atom stereocenters. The van der Waals surface area contributed by atoms with E-state index in [2.05, 4.69) is 13.8 Å². The van der Waals surface area contributed by atoms with Gasteiger partial charge in [0.1, 0.15) is 0 Å². The van der Waals surface area contributed by atoms with E-state index < -0.39 is 8.35 Å². The molecule has 0 heterocycles. The number of halogens is 1. The van der Waals surface area contributed by atoms with Crippen LogP contribution in [0.2, 0.25) is 6.04 Å². The second kappa shape index (κ2) is 9.55. The first-order valence-corrected chi connectivity index (χ1v) is 7.58. The summed E-state index contributed by atoms with van der Waals surface area (Å²) in [5, 5.41) is 0. The van der Waals surface area contributed by atoms with Gasteiger partial charge in [0.05, 0.1) is 0 Å². The van der Waals surface area contributed by atoms with Crippen LogP contribution in [0.5, 0.6) is 0 Å². The predicted octanol–water partition coefficient (Wildman–Crippen LogP) is 3.72. The Balaban J connectivity index is 3.04. The Kier molecular flexibility index (Phi) is 9.93. The summed E-state index contributed by atoms with van der Waals surface area (Å²) < 4.78 is 5.50. The van der Waals surface area contributed by atoms with Gasteiger partial charge in [-0.3, -0.25) is 0 Å². The topological polar surface area (TPSA) is 9.23 Å². The normalized spacial score (nSPS) is 11.0. The number of unbranched alkanes of at least 4 members (excludes halogenated alkanes) is 3. The first kappa shape index (κ1) is 12.5. The third-order valence-electron chi connectivity index (χ3n) is 1.73. The Labute approximate surface area is 82.9 Å². The molecule has 0 amide bonds. The Bertz CT molecular complexity index is 80.6. The van der Waals surface area contributed by atoms with E-state index in [1.54, 1.807) is 0 Å². The zero-order valence-corrected chi connectivity index (χ0v) is 9.99. The van der Waals surface area contributed by atoms with Crippen molar-refractivity contribution in [3.05, 3.63) is 0 Å². The SMILES string of the molecule is CCCCC[Si](Cl)OCCCC. The molecule has 0 aromatic carbocycles. The van der Waals surface area contributed by atoms with Crippen molar-refractivity contribution >= 4 is 19.4 Å². The van der Waals surface area contributed by atoms with Gasteiger partial charge in [0.2, 0.25) is 0 Å². The summed E-state index contributed by atoms with van der Waals surface area (Å²) in [5.41, 5.74) is 0. The summed E-state index contributed by atoms with van der Waals surface area (Å²) in [6, 6.07) is 1.10. The summed E-state index contributed by atoms with van der Waals surface area (Å²) in [6.45, 7) is 5.24. The van der Waals surface area contributed by atoms with E-state index in [4.69, 9.17) is 15.5 Å². The minimum absolute atomic E-state index is 0.862. The third kappa shape index (κ3) is 8.56. The van der Waals surface area contributed by atoms with Crippen molar-refractivity contribution in [2.75, 3.05) is 6.61 Å². The molecule has 0 N–H and O–H groups in total. The fourth-order valence-electron chi connectivity index (χ4n) is 0.913. The standard InChI is InChI=1S/C9H20ClOSi/c1-3-5-7-9-12(10)11-8-6-4-2/h3-9H2,1-2H3. The van der Waals surface area contributed by atoms with Crippen LogP contribution in [0.15, 0.2) is 0 Å². The van der Waals surface area contributed by atoms with Gasteiger partial charge in [-0.15, -0.1) is 11.1 Å². The molecule has 0 rings (SSSR count). The Morgan fingerprint density at radius 2 is 1.75 bits per heavy atom. The molecule has 1 radical (unpaired) electrons. The second-order valence-corrected chi connectivity index (χ2v) is 5.78. The molecule has 0 aliphatic carbocycles. The molecule has 0 saturated carbocycles. The molecule has 0 aliphatic heterocycles. The lowest BCUT2D eigenvalue weighted by atomic mass is 10.3. The second-order valence-electron chi connectivity index (χ2n) is 3.01. The van der Waals surface area contributed by atoms with Gasteiger partial charge in [-0.1, -0.05) is 39.5 Å². The van der Waals surface area contributed by atoms with Gasteiger partial charge in [-0.05, 0) is 12.5 Å². The molecule has 0 saturated heterocycles. The average molecular weight is 208 g/mol. The van der Waals surface area contributed by atoms with E-state index >= 15 is 0 Å². The Morgan fingerprint density at radius 1 is 1.08 bits per heavy atom. The summed E-state index contributed by atoms with van der Waals surface area (Å²) in [7, 11) is -0.962. The third-order valence-corrected chi connectivity index (χ3v) is 3.89. The van der Waals surface area contributed by atoms with E-state index in [9.17, 15) is 0 Å². The molecule has 3 heteroatoms. The number of rotatable bonds is 8. The van der Waals surface area contributed by atoms with Crippen LogP contribution in [-0.4, -0.2) is 15.0 Å². The highest BCUT2D eigenvalue weighted by Gasteiger charge is 2.07. The molecule has 0 bridgehead atoms. The quantitative estimate of drug-likeness (QED) is 0.335. The van der Waals surface area contributed by atoms with Gasteiger partial charge < -0.3 is 4.43 Å². The van der Waals surface area contributed by atoms with E-state index in [0.29, 0.717) is 0 Å². The molecule has 0 aromatic heterocycles. The molecule has 0 aromatic rings. The maximum atomic E-state index is 6.03. The first-order valence-electron chi connectivity index (χ1n) is 4.95. The fraction of sp³-hybridized carbons (Fsp3) is 1.00. The lowest BCUT2D eigenvalue weighted by Crippen LogP contribution is -2.10. The van der Waals surface area contributed by atoms with Crippen molar-refractivity contribution < 1.29 is 4.43 Å². The van der Waals surface area contributed by atoms with Crippen LogP contribution in [0.4, 0.5) is 0 Å². The predicted molar refractivity (Wildman–Crippen MR) is 56.8 cm³/mol. The van der Waals surface area contributed by atoms with E-state index in [0.717, 1.165) is 19.1 Å². The zero-order valence-electron chi connectivity index (χ0n) is 8.24. The number of hydrogen-bond donors (Lipinski definition) is 0. The summed E-state index contributed by atoms with van der Waals surface area (Å²) >= 11 is 6.03. The van der Waals surface area contributed by atoms with Gasteiger partial charge in [-0.25, -0.2) is 0 Å². The smallest absolute Gasteiger partial charge is 0.323 e. The van der Waals surface area contributed by atoms with Crippen molar-refractivity contribution in [2.45, 2.75) is 52.0 Å². The number of hydrogen-bond acceptors (Lipinski definition) is 1. The van der Waals surface area contributed by atoms with Crippen molar-refractivity contribution in [2.24, 2.45) is 0 Å². The van der Waals surface area contributed by atoms with Crippen LogP contribution in [-0.2, 0) is 4.43 Å². The zero-order chi connectivity index (χ0) is 9.23. The maximum absolute atomic E-state index is 6.03. The van der Waals surface area contributed by atoms with Gasteiger partial charge in [0.15, 0.2) is 0 Å². The van der Waals surface area contributed by atoms with E-state index in [1.165, 1.54) is 25.7 Å². The molecule has 0 aliphatic rings. The van der Waals surface area contributed by atoms with Crippen LogP contribution >= 0.6 is 11.1 Å². The summed E-state index contributed by atoms with van der Waals surface area (Å²) in [4.78, 5) is 0. The summed E-state index contributed by atoms with van der Waals surface area (Å²) in [6.07, 6.45) is 6.13. The monoisotopic (exact) mass is 207 g/mol. The van der Waals surface area contributed by atoms with Gasteiger partial charge in [0.25, 0.3) is 0 Å². The molecular weight excluding hydrogens is 188 g/mol. The van der Waals surface area contributed by atoms with Gasteiger partial charge in [0, 0.05) is 6.61 Å². The molecule has 0 fully saturated rings. The first-order chi connectivity index (χ1) is 5.81. The molecule has 0 unspecified atom stereocenters. The summed E-state index contributed by atoms with van der Waals surface area (Å²) in [5.74, 6) is 0. The van der Waals surface area contributed by atoms with Gasteiger partial charge >= 0.3 is 8.35 Å². The van der Waals surface area contributed by atoms with Crippen LogP contribution in [0.3, 0.4) is 0 Å². The lowest BCUT2D eigenvalue weighted by Gasteiger charge is -2.06. The molecular formula is C9H20ClOSi. The van der Waals surface area contributed by atoms with Crippen LogP contribution in [0.25, 0.3) is 0 Å². The molecule has 12 heavy (non-hydrogen) atoms. The highest BCUT2D eigenvalue weighted by Crippen LogP contribution is 2.08. The van der Waals surface area contributed by atoms with Crippen molar-refractivity contribution in [1.29, 1.82) is 0 Å².